The Labute approximate surface area is 84.4 Å². The molecule has 0 fully saturated rings. The van der Waals surface area contributed by atoms with Crippen LogP contribution in [0.2, 0.25) is 0 Å². The van der Waals surface area contributed by atoms with E-state index in [0.717, 1.165) is 11.3 Å². The lowest BCUT2D eigenvalue weighted by Gasteiger charge is -2.06. The molecular formula is C12H13N2. The van der Waals surface area contributed by atoms with Gasteiger partial charge in [-0.15, -0.1) is 0 Å². The van der Waals surface area contributed by atoms with Gasteiger partial charge in [0.1, 0.15) is 6.34 Å². The van der Waals surface area contributed by atoms with E-state index in [1.54, 1.807) is 12.5 Å². The van der Waals surface area contributed by atoms with E-state index >= 15 is 0 Å². The van der Waals surface area contributed by atoms with Crippen molar-refractivity contribution in [2.45, 2.75) is 19.8 Å². The Hall–Kier alpha value is -1.57. The van der Waals surface area contributed by atoms with E-state index in [9.17, 15) is 0 Å². The molecule has 0 N–H and O–H groups in total. The predicted molar refractivity (Wildman–Crippen MR) is 59.1 cm³/mol. The fourth-order valence-corrected chi connectivity index (χ4v) is 1.42. The van der Waals surface area contributed by atoms with Gasteiger partial charge in [-0.2, -0.15) is 0 Å². The number of rotatable bonds is 2. The lowest BCUT2D eigenvalue weighted by Crippen LogP contribution is -1.96. The molecule has 0 atom stereocenters. The van der Waals surface area contributed by atoms with E-state index in [1.807, 2.05) is 0 Å². The topological polar surface area (TPSA) is 26.5 Å². The molecule has 0 saturated heterocycles. The third-order valence-electron chi connectivity index (χ3n) is 2.33. The smallest absolute Gasteiger partial charge is 0.116 e. The van der Waals surface area contributed by atoms with Gasteiger partial charge in [0.25, 0.3) is 0 Å². The summed E-state index contributed by atoms with van der Waals surface area (Å²) in [6.07, 6.45) is 3.36. The summed E-state index contributed by atoms with van der Waals surface area (Å²) in [7, 11) is 0. The van der Waals surface area contributed by atoms with Gasteiger partial charge in [-0.3, -0.25) is 0 Å². The van der Waals surface area contributed by atoms with E-state index < -0.39 is 0 Å². The maximum absolute atomic E-state index is 4.15. The third kappa shape index (κ3) is 1.69. The minimum Gasteiger partial charge on any atom is -0.243 e. The summed E-state index contributed by atoms with van der Waals surface area (Å²) in [5.74, 6) is 0.579. The Morgan fingerprint density at radius 2 is 1.79 bits per heavy atom. The maximum Gasteiger partial charge on any atom is 0.116 e. The normalized spacial score (nSPS) is 14.4. The van der Waals surface area contributed by atoms with Crippen LogP contribution in [0.25, 0.3) is 5.70 Å². The summed E-state index contributed by atoms with van der Waals surface area (Å²) in [5.41, 5.74) is 3.43. The lowest BCUT2D eigenvalue weighted by molar-refractivity contribution is 0.866. The van der Waals surface area contributed by atoms with Gasteiger partial charge in [0, 0.05) is 5.56 Å². The highest BCUT2D eigenvalue weighted by atomic mass is 15.0. The first kappa shape index (κ1) is 9.00. The molecule has 0 amide bonds. The van der Waals surface area contributed by atoms with Crippen molar-refractivity contribution in [3.05, 3.63) is 41.6 Å². The van der Waals surface area contributed by atoms with Crippen LogP contribution < -0.4 is 5.32 Å². The van der Waals surface area contributed by atoms with Crippen LogP contribution in [-0.4, -0.2) is 6.34 Å². The number of hydrogen-bond acceptors (Lipinski definition) is 1. The van der Waals surface area contributed by atoms with E-state index in [-0.39, 0.29) is 0 Å². The molecule has 1 aromatic carbocycles. The van der Waals surface area contributed by atoms with Crippen molar-refractivity contribution in [3.63, 3.8) is 0 Å². The number of aliphatic imine (C=N–C) groups is 1. The lowest BCUT2D eigenvalue weighted by atomic mass is 10.0. The van der Waals surface area contributed by atoms with Gasteiger partial charge in [-0.25, -0.2) is 10.3 Å². The summed E-state index contributed by atoms with van der Waals surface area (Å²) in [6.45, 7) is 4.38. The molecular weight excluding hydrogens is 172 g/mol. The van der Waals surface area contributed by atoms with Crippen LogP contribution in [0.5, 0.6) is 0 Å². The molecule has 0 saturated carbocycles. The van der Waals surface area contributed by atoms with Gasteiger partial charge in [0.15, 0.2) is 0 Å². The van der Waals surface area contributed by atoms with E-state index in [1.165, 1.54) is 5.56 Å². The Kier molecular flexibility index (Phi) is 2.35. The summed E-state index contributed by atoms with van der Waals surface area (Å²) >= 11 is 0. The Balaban J connectivity index is 2.22. The molecule has 0 unspecified atom stereocenters. The zero-order valence-electron chi connectivity index (χ0n) is 8.44. The largest absolute Gasteiger partial charge is 0.243 e. The van der Waals surface area contributed by atoms with Crippen molar-refractivity contribution >= 4 is 12.0 Å². The van der Waals surface area contributed by atoms with E-state index in [4.69, 9.17) is 0 Å². The first-order valence-corrected chi connectivity index (χ1v) is 4.80. The second-order valence-electron chi connectivity index (χ2n) is 3.68. The molecule has 14 heavy (non-hydrogen) atoms. The standard InChI is InChI=1S/C12H13N2/c1-9(2)10-3-5-11(6-4-10)12-7-13-8-14-12/h3-9H,1-2H3. The van der Waals surface area contributed by atoms with Gasteiger partial charge in [0.2, 0.25) is 0 Å². The van der Waals surface area contributed by atoms with Crippen molar-refractivity contribution in [1.29, 1.82) is 0 Å². The summed E-state index contributed by atoms with van der Waals surface area (Å²) in [6, 6.07) is 8.49. The quantitative estimate of drug-likeness (QED) is 0.677. The van der Waals surface area contributed by atoms with Gasteiger partial charge >= 0.3 is 0 Å². The predicted octanol–water partition coefficient (Wildman–Crippen LogP) is 2.75. The zero-order chi connectivity index (χ0) is 9.97. The minimum atomic E-state index is 0.579. The van der Waals surface area contributed by atoms with Crippen LogP contribution in [0.3, 0.4) is 0 Å². The van der Waals surface area contributed by atoms with Crippen LogP contribution in [0.15, 0.2) is 35.5 Å². The summed E-state index contributed by atoms with van der Waals surface area (Å²) in [5, 5.41) is 4.15. The summed E-state index contributed by atoms with van der Waals surface area (Å²) in [4.78, 5) is 3.94. The molecule has 1 aromatic rings. The van der Waals surface area contributed by atoms with Gasteiger partial charge < -0.3 is 0 Å². The molecule has 0 aromatic heterocycles. The zero-order valence-corrected chi connectivity index (χ0v) is 8.44. The molecule has 1 radical (unpaired) electrons. The van der Waals surface area contributed by atoms with Crippen LogP contribution >= 0.6 is 0 Å². The fourth-order valence-electron chi connectivity index (χ4n) is 1.42. The summed E-state index contributed by atoms with van der Waals surface area (Å²) < 4.78 is 0. The van der Waals surface area contributed by atoms with Crippen molar-refractivity contribution in [2.24, 2.45) is 4.99 Å². The SMILES string of the molecule is CC(C)c1ccc(C2=CN=C[N]2)cc1. The molecule has 2 heteroatoms. The van der Waals surface area contributed by atoms with Crippen molar-refractivity contribution in [3.8, 4) is 0 Å². The highest BCUT2D eigenvalue weighted by Crippen LogP contribution is 2.19. The molecule has 0 bridgehead atoms. The number of nitrogens with zero attached hydrogens (tertiary/aromatic N) is 2. The molecule has 2 nitrogen and oxygen atoms in total. The average molecular weight is 185 g/mol. The van der Waals surface area contributed by atoms with Gasteiger partial charge in [-0.1, -0.05) is 38.1 Å². The third-order valence-corrected chi connectivity index (χ3v) is 2.33. The Bertz CT molecular complexity index is 372. The van der Waals surface area contributed by atoms with E-state index in [0.29, 0.717) is 5.92 Å². The molecule has 0 spiro atoms. The van der Waals surface area contributed by atoms with Gasteiger partial charge in [-0.05, 0) is 11.5 Å². The molecule has 1 heterocycles. The highest BCUT2D eigenvalue weighted by Gasteiger charge is 2.05. The maximum atomic E-state index is 4.15. The number of hydrogen-bond donors (Lipinski definition) is 0. The molecule has 1 aliphatic heterocycles. The molecule has 2 rings (SSSR count). The first-order chi connectivity index (χ1) is 6.77. The van der Waals surface area contributed by atoms with Crippen molar-refractivity contribution in [2.75, 3.05) is 0 Å². The Morgan fingerprint density at radius 1 is 1.07 bits per heavy atom. The van der Waals surface area contributed by atoms with E-state index in [2.05, 4.69) is 48.4 Å². The average Bonchev–Trinajstić information content (AvgIpc) is 2.71. The number of benzene rings is 1. The molecule has 71 valence electrons. The Morgan fingerprint density at radius 3 is 2.29 bits per heavy atom. The second-order valence-corrected chi connectivity index (χ2v) is 3.68. The molecule has 0 aliphatic carbocycles. The minimum absolute atomic E-state index is 0.579. The van der Waals surface area contributed by atoms with Crippen LogP contribution in [0.1, 0.15) is 30.9 Å². The highest BCUT2D eigenvalue weighted by molar-refractivity contribution is 5.80. The second kappa shape index (κ2) is 3.66. The van der Waals surface area contributed by atoms with Gasteiger partial charge in [0.05, 0.1) is 11.9 Å². The fraction of sp³-hybridized carbons (Fsp3) is 0.250. The van der Waals surface area contributed by atoms with Crippen molar-refractivity contribution < 1.29 is 0 Å². The monoisotopic (exact) mass is 185 g/mol. The van der Waals surface area contributed by atoms with Crippen LogP contribution in [-0.2, 0) is 0 Å². The first-order valence-electron chi connectivity index (χ1n) is 4.80. The van der Waals surface area contributed by atoms with Crippen LogP contribution in [0, 0.1) is 0 Å². The van der Waals surface area contributed by atoms with Crippen LogP contribution in [0.4, 0.5) is 0 Å². The van der Waals surface area contributed by atoms with Crippen molar-refractivity contribution in [1.82, 2.24) is 5.32 Å². The molecule has 1 aliphatic rings.